The summed E-state index contributed by atoms with van der Waals surface area (Å²) in [5.74, 6) is -0.191. The van der Waals surface area contributed by atoms with Crippen LogP contribution in [0.1, 0.15) is 24.5 Å². The Labute approximate surface area is 172 Å². The molecule has 1 amide bonds. The molecule has 9 heteroatoms. The Morgan fingerprint density at radius 2 is 1.83 bits per heavy atom. The second-order valence-electron chi connectivity index (χ2n) is 7.24. The standard InChI is InChI=1S/C21H22F2N6O/c22-15-3-1-4-16(23)21(15)27-20(30)13-29-11-8-14(9-12-29)17-5-2-6-18(25-17)26-19-7-10-24-28-19/h1-7,10,14H,8-9,11-13H2,(H,27,30)(H2,24,25,26,28). The molecular weight excluding hydrogens is 390 g/mol. The first-order valence-corrected chi connectivity index (χ1v) is 9.78. The molecule has 7 nitrogen and oxygen atoms in total. The van der Waals surface area contributed by atoms with Gasteiger partial charge >= 0.3 is 0 Å². The number of rotatable bonds is 6. The summed E-state index contributed by atoms with van der Waals surface area (Å²) in [6, 6.07) is 11.2. The number of nitrogens with one attached hydrogen (secondary N) is 3. The van der Waals surface area contributed by atoms with Crippen LogP contribution in [-0.4, -0.2) is 45.6 Å². The van der Waals surface area contributed by atoms with Crippen molar-refractivity contribution in [2.75, 3.05) is 30.3 Å². The Bertz CT molecular complexity index is 982. The average molecular weight is 412 g/mol. The number of para-hydroxylation sites is 1. The summed E-state index contributed by atoms with van der Waals surface area (Å²) >= 11 is 0. The lowest BCUT2D eigenvalue weighted by atomic mass is 9.93. The lowest BCUT2D eigenvalue weighted by molar-refractivity contribution is -0.117. The van der Waals surface area contributed by atoms with Gasteiger partial charge in [0, 0.05) is 17.7 Å². The number of nitrogens with zero attached hydrogens (tertiary/aromatic N) is 3. The van der Waals surface area contributed by atoms with Crippen molar-refractivity contribution in [1.29, 1.82) is 0 Å². The number of piperidine rings is 1. The van der Waals surface area contributed by atoms with Crippen molar-refractivity contribution in [1.82, 2.24) is 20.1 Å². The van der Waals surface area contributed by atoms with Gasteiger partial charge in [0.2, 0.25) is 5.91 Å². The number of likely N-dealkylation sites (tertiary alicyclic amines) is 1. The number of aromatic nitrogens is 3. The summed E-state index contributed by atoms with van der Waals surface area (Å²) < 4.78 is 27.4. The summed E-state index contributed by atoms with van der Waals surface area (Å²) in [6.07, 6.45) is 3.36. The molecule has 1 saturated heterocycles. The molecule has 1 fully saturated rings. The van der Waals surface area contributed by atoms with Gasteiger partial charge in [-0.25, -0.2) is 13.8 Å². The van der Waals surface area contributed by atoms with Crippen molar-refractivity contribution < 1.29 is 13.6 Å². The highest BCUT2D eigenvalue weighted by molar-refractivity contribution is 5.92. The molecule has 3 heterocycles. The van der Waals surface area contributed by atoms with Crippen LogP contribution in [0, 0.1) is 11.6 Å². The smallest absolute Gasteiger partial charge is 0.238 e. The van der Waals surface area contributed by atoms with Crippen LogP contribution < -0.4 is 10.6 Å². The number of aromatic amines is 1. The minimum atomic E-state index is -0.781. The highest BCUT2D eigenvalue weighted by atomic mass is 19.1. The highest BCUT2D eigenvalue weighted by Gasteiger charge is 2.23. The predicted molar refractivity (Wildman–Crippen MR) is 110 cm³/mol. The Morgan fingerprint density at radius 3 is 2.53 bits per heavy atom. The molecule has 0 atom stereocenters. The van der Waals surface area contributed by atoms with E-state index in [-0.39, 0.29) is 12.5 Å². The summed E-state index contributed by atoms with van der Waals surface area (Å²) in [5, 5.41) is 12.3. The van der Waals surface area contributed by atoms with Gasteiger partial charge in [-0.05, 0) is 50.2 Å². The van der Waals surface area contributed by atoms with Gasteiger partial charge in [-0.2, -0.15) is 5.10 Å². The summed E-state index contributed by atoms with van der Waals surface area (Å²) in [7, 11) is 0. The van der Waals surface area contributed by atoms with E-state index < -0.39 is 23.2 Å². The quantitative estimate of drug-likeness (QED) is 0.576. The van der Waals surface area contributed by atoms with Crippen LogP contribution in [-0.2, 0) is 4.79 Å². The van der Waals surface area contributed by atoms with Gasteiger partial charge in [0.25, 0.3) is 0 Å². The number of carbonyl (C=O) groups is 1. The maximum absolute atomic E-state index is 13.7. The van der Waals surface area contributed by atoms with Crippen LogP contribution in [0.2, 0.25) is 0 Å². The maximum atomic E-state index is 13.7. The summed E-state index contributed by atoms with van der Waals surface area (Å²) in [6.45, 7) is 1.50. The second-order valence-corrected chi connectivity index (χ2v) is 7.24. The van der Waals surface area contributed by atoms with Gasteiger partial charge < -0.3 is 10.6 Å². The SMILES string of the molecule is O=C(CN1CCC(c2cccc(Nc3ccn[nH]3)n2)CC1)Nc1c(F)cccc1F. The zero-order valence-electron chi connectivity index (χ0n) is 16.2. The first kappa shape index (κ1) is 20.0. The first-order valence-electron chi connectivity index (χ1n) is 9.78. The molecule has 1 aromatic carbocycles. The van der Waals surface area contributed by atoms with Crippen molar-refractivity contribution in [2.45, 2.75) is 18.8 Å². The van der Waals surface area contributed by atoms with Crippen molar-refractivity contribution in [3.05, 3.63) is 66.0 Å². The number of H-pyrrole nitrogens is 1. The molecule has 2 aromatic heterocycles. The van der Waals surface area contributed by atoms with E-state index in [4.69, 9.17) is 4.98 Å². The van der Waals surface area contributed by atoms with Crippen LogP contribution in [0.3, 0.4) is 0 Å². The van der Waals surface area contributed by atoms with Crippen LogP contribution >= 0.6 is 0 Å². The minimum Gasteiger partial charge on any atom is -0.325 e. The second kappa shape index (κ2) is 9.00. The molecule has 30 heavy (non-hydrogen) atoms. The van der Waals surface area contributed by atoms with Crippen molar-refractivity contribution in [2.24, 2.45) is 0 Å². The highest BCUT2D eigenvalue weighted by Crippen LogP contribution is 2.28. The van der Waals surface area contributed by atoms with Crippen molar-refractivity contribution >= 4 is 23.2 Å². The van der Waals surface area contributed by atoms with E-state index >= 15 is 0 Å². The molecule has 0 unspecified atom stereocenters. The van der Waals surface area contributed by atoms with E-state index in [0.29, 0.717) is 13.1 Å². The summed E-state index contributed by atoms with van der Waals surface area (Å²) in [5.41, 5.74) is 0.597. The van der Waals surface area contributed by atoms with Gasteiger partial charge in [-0.1, -0.05) is 12.1 Å². The molecule has 0 radical (unpaired) electrons. The Hall–Kier alpha value is -3.33. The lowest BCUT2D eigenvalue weighted by Gasteiger charge is -2.31. The number of carbonyl (C=O) groups excluding carboxylic acids is 1. The summed E-state index contributed by atoms with van der Waals surface area (Å²) in [4.78, 5) is 18.9. The van der Waals surface area contributed by atoms with E-state index in [9.17, 15) is 13.6 Å². The Morgan fingerprint density at radius 1 is 1.10 bits per heavy atom. The molecule has 0 aliphatic carbocycles. The average Bonchev–Trinajstić information content (AvgIpc) is 3.25. The fourth-order valence-corrected chi connectivity index (χ4v) is 3.60. The number of benzene rings is 1. The molecule has 3 N–H and O–H groups in total. The molecule has 156 valence electrons. The molecule has 4 rings (SSSR count). The largest absolute Gasteiger partial charge is 0.325 e. The zero-order valence-corrected chi connectivity index (χ0v) is 16.2. The molecular formula is C21H22F2N6O. The van der Waals surface area contributed by atoms with Gasteiger partial charge in [-0.15, -0.1) is 0 Å². The monoisotopic (exact) mass is 412 g/mol. The van der Waals surface area contributed by atoms with Crippen LogP contribution in [0.4, 0.5) is 26.1 Å². The molecule has 0 bridgehead atoms. The molecule has 3 aromatic rings. The lowest BCUT2D eigenvalue weighted by Crippen LogP contribution is -2.39. The van der Waals surface area contributed by atoms with Crippen LogP contribution in [0.5, 0.6) is 0 Å². The number of pyridine rings is 1. The zero-order chi connectivity index (χ0) is 20.9. The predicted octanol–water partition coefficient (Wildman–Crippen LogP) is 3.64. The molecule has 1 aliphatic heterocycles. The van der Waals surface area contributed by atoms with Crippen LogP contribution in [0.15, 0.2) is 48.7 Å². The van der Waals surface area contributed by atoms with Crippen molar-refractivity contribution in [3.63, 3.8) is 0 Å². The molecule has 1 aliphatic rings. The van der Waals surface area contributed by atoms with Gasteiger partial charge in [-0.3, -0.25) is 14.8 Å². The van der Waals surface area contributed by atoms with E-state index in [1.54, 1.807) is 6.20 Å². The first-order chi connectivity index (χ1) is 14.6. The Balaban J connectivity index is 1.30. The molecule has 0 saturated carbocycles. The number of halogens is 2. The van der Waals surface area contributed by atoms with Crippen molar-refractivity contribution in [3.8, 4) is 0 Å². The Kier molecular flexibility index (Phi) is 5.99. The number of anilines is 3. The minimum absolute atomic E-state index is 0.0926. The fraction of sp³-hybridized carbons (Fsp3) is 0.286. The van der Waals surface area contributed by atoms with Gasteiger partial charge in [0.15, 0.2) is 0 Å². The van der Waals surface area contributed by atoms with Crippen LogP contribution in [0.25, 0.3) is 0 Å². The van der Waals surface area contributed by atoms with E-state index in [1.165, 1.54) is 6.07 Å². The van der Waals surface area contributed by atoms with Gasteiger partial charge in [0.1, 0.15) is 29.0 Å². The topological polar surface area (TPSA) is 85.9 Å². The normalized spacial score (nSPS) is 15.1. The van der Waals surface area contributed by atoms with Gasteiger partial charge in [0.05, 0.1) is 12.7 Å². The van der Waals surface area contributed by atoms with E-state index in [0.717, 1.165) is 42.3 Å². The third-order valence-corrected chi connectivity index (χ3v) is 5.13. The molecule has 0 spiro atoms. The van der Waals surface area contributed by atoms with E-state index in [1.807, 2.05) is 29.2 Å². The number of hydrogen-bond donors (Lipinski definition) is 3. The van der Waals surface area contributed by atoms with E-state index in [2.05, 4.69) is 20.8 Å². The fourth-order valence-electron chi connectivity index (χ4n) is 3.60. The third kappa shape index (κ3) is 4.80. The third-order valence-electron chi connectivity index (χ3n) is 5.13. The maximum Gasteiger partial charge on any atom is 0.238 e. The number of hydrogen-bond acceptors (Lipinski definition) is 5. The number of amides is 1.